The first-order valence-electron chi connectivity index (χ1n) is 6.06. The SMILES string of the molecule is FC(F)(F)Oc1ccc(CNCCc2ncc[nH]2)cc1. The Morgan fingerprint density at radius 2 is 1.95 bits per heavy atom. The Morgan fingerprint density at radius 3 is 2.55 bits per heavy atom. The van der Waals surface area contributed by atoms with Crippen molar-refractivity contribution in [3.8, 4) is 5.75 Å². The van der Waals surface area contributed by atoms with Gasteiger partial charge in [-0.25, -0.2) is 4.98 Å². The fourth-order valence-corrected chi connectivity index (χ4v) is 1.68. The number of hydrogen-bond donors (Lipinski definition) is 2. The van der Waals surface area contributed by atoms with Gasteiger partial charge in [0.15, 0.2) is 0 Å². The monoisotopic (exact) mass is 285 g/mol. The topological polar surface area (TPSA) is 49.9 Å². The molecule has 0 aliphatic rings. The number of hydrogen-bond acceptors (Lipinski definition) is 3. The lowest BCUT2D eigenvalue weighted by atomic mass is 10.2. The number of benzene rings is 1. The summed E-state index contributed by atoms with van der Waals surface area (Å²) in [6.07, 6.45) is -0.436. The average molecular weight is 285 g/mol. The molecule has 4 nitrogen and oxygen atoms in total. The van der Waals surface area contributed by atoms with Gasteiger partial charge in [0.25, 0.3) is 0 Å². The molecule has 0 aliphatic carbocycles. The van der Waals surface area contributed by atoms with Crippen LogP contribution >= 0.6 is 0 Å². The van der Waals surface area contributed by atoms with Gasteiger partial charge in [-0.2, -0.15) is 0 Å². The van der Waals surface area contributed by atoms with Crippen LogP contribution in [0.4, 0.5) is 13.2 Å². The van der Waals surface area contributed by atoms with Crippen LogP contribution in [0.2, 0.25) is 0 Å². The third-order valence-corrected chi connectivity index (χ3v) is 2.58. The Labute approximate surface area is 114 Å². The Morgan fingerprint density at radius 1 is 1.20 bits per heavy atom. The molecule has 0 amide bonds. The summed E-state index contributed by atoms with van der Waals surface area (Å²) in [6.45, 7) is 1.31. The van der Waals surface area contributed by atoms with E-state index in [1.54, 1.807) is 24.5 Å². The molecule has 0 saturated carbocycles. The van der Waals surface area contributed by atoms with E-state index in [0.29, 0.717) is 6.54 Å². The second-order valence-electron chi connectivity index (χ2n) is 4.15. The van der Waals surface area contributed by atoms with E-state index in [9.17, 15) is 13.2 Å². The Hall–Kier alpha value is -2.02. The normalized spacial score (nSPS) is 11.6. The first-order valence-corrected chi connectivity index (χ1v) is 6.06. The highest BCUT2D eigenvalue weighted by molar-refractivity contribution is 5.27. The molecule has 2 aromatic rings. The standard InChI is InChI=1S/C13H14F3N3O/c14-13(15,16)20-11-3-1-10(2-4-11)9-17-6-5-12-18-7-8-19-12/h1-4,7-8,17H,5-6,9H2,(H,18,19). The second kappa shape index (κ2) is 6.42. The van der Waals surface area contributed by atoms with Crippen molar-refractivity contribution >= 4 is 0 Å². The molecule has 108 valence electrons. The molecule has 0 atom stereocenters. The molecule has 1 aromatic carbocycles. The Kier molecular flexibility index (Phi) is 4.62. The van der Waals surface area contributed by atoms with Crippen molar-refractivity contribution in [3.63, 3.8) is 0 Å². The average Bonchev–Trinajstić information content (AvgIpc) is 2.88. The summed E-state index contributed by atoms with van der Waals surface area (Å²) in [5.74, 6) is 0.684. The van der Waals surface area contributed by atoms with E-state index in [4.69, 9.17) is 0 Å². The highest BCUT2D eigenvalue weighted by atomic mass is 19.4. The van der Waals surface area contributed by atoms with Gasteiger partial charge in [0.05, 0.1) is 0 Å². The van der Waals surface area contributed by atoms with Crippen molar-refractivity contribution in [2.75, 3.05) is 6.54 Å². The minimum atomic E-state index is -4.65. The first-order chi connectivity index (χ1) is 9.53. The maximum absolute atomic E-state index is 12.0. The van der Waals surface area contributed by atoms with Crippen LogP contribution in [-0.2, 0) is 13.0 Å². The van der Waals surface area contributed by atoms with Crippen LogP contribution in [0.25, 0.3) is 0 Å². The lowest BCUT2D eigenvalue weighted by Crippen LogP contribution is -2.18. The highest BCUT2D eigenvalue weighted by Gasteiger charge is 2.30. The van der Waals surface area contributed by atoms with Crippen molar-refractivity contribution in [2.24, 2.45) is 0 Å². The fourth-order valence-electron chi connectivity index (χ4n) is 1.68. The maximum atomic E-state index is 12.0. The predicted molar refractivity (Wildman–Crippen MR) is 67.1 cm³/mol. The molecule has 2 N–H and O–H groups in total. The number of aromatic nitrogens is 2. The van der Waals surface area contributed by atoms with Gasteiger partial charge in [-0.05, 0) is 17.7 Å². The van der Waals surface area contributed by atoms with Crippen molar-refractivity contribution in [2.45, 2.75) is 19.3 Å². The summed E-state index contributed by atoms with van der Waals surface area (Å²) < 4.78 is 39.7. The summed E-state index contributed by atoms with van der Waals surface area (Å²) in [4.78, 5) is 7.08. The number of halogens is 3. The zero-order chi connectivity index (χ0) is 14.4. The van der Waals surface area contributed by atoms with Crippen molar-refractivity contribution < 1.29 is 17.9 Å². The van der Waals surface area contributed by atoms with E-state index in [1.165, 1.54) is 12.1 Å². The van der Waals surface area contributed by atoms with Crippen molar-refractivity contribution in [1.29, 1.82) is 0 Å². The molecule has 1 heterocycles. The minimum absolute atomic E-state index is 0.211. The van der Waals surface area contributed by atoms with Crippen LogP contribution in [0.5, 0.6) is 5.75 Å². The first kappa shape index (κ1) is 14.4. The number of nitrogens with zero attached hydrogens (tertiary/aromatic N) is 1. The van der Waals surface area contributed by atoms with Gasteiger partial charge in [0.2, 0.25) is 0 Å². The Balaban J connectivity index is 1.73. The smallest absolute Gasteiger partial charge is 0.406 e. The van der Waals surface area contributed by atoms with Gasteiger partial charge in [0, 0.05) is 31.9 Å². The molecule has 0 radical (unpaired) electrons. The molecule has 20 heavy (non-hydrogen) atoms. The summed E-state index contributed by atoms with van der Waals surface area (Å²) in [5, 5.41) is 3.18. The number of nitrogens with one attached hydrogen (secondary N) is 2. The molecular formula is C13H14F3N3O. The second-order valence-corrected chi connectivity index (χ2v) is 4.15. The number of ether oxygens (including phenoxy) is 1. The van der Waals surface area contributed by atoms with E-state index in [-0.39, 0.29) is 5.75 Å². The summed E-state index contributed by atoms with van der Waals surface area (Å²) in [7, 11) is 0. The lowest BCUT2D eigenvalue weighted by Gasteiger charge is -2.09. The van der Waals surface area contributed by atoms with Crippen LogP contribution in [-0.4, -0.2) is 22.9 Å². The van der Waals surface area contributed by atoms with Crippen molar-refractivity contribution in [3.05, 3.63) is 48.0 Å². The lowest BCUT2D eigenvalue weighted by molar-refractivity contribution is -0.274. The summed E-state index contributed by atoms with van der Waals surface area (Å²) >= 11 is 0. The van der Waals surface area contributed by atoms with E-state index in [1.807, 2.05) is 0 Å². The number of rotatable bonds is 6. The third kappa shape index (κ3) is 4.93. The van der Waals surface area contributed by atoms with Crippen molar-refractivity contribution in [1.82, 2.24) is 15.3 Å². The molecule has 0 fully saturated rings. The summed E-state index contributed by atoms with van der Waals surface area (Å²) in [5.41, 5.74) is 0.888. The molecule has 0 spiro atoms. The molecule has 1 aromatic heterocycles. The van der Waals surface area contributed by atoms with Gasteiger partial charge >= 0.3 is 6.36 Å². The summed E-state index contributed by atoms with van der Waals surface area (Å²) in [6, 6.07) is 5.80. The molecule has 0 saturated heterocycles. The van der Waals surface area contributed by atoms with Gasteiger partial charge in [-0.15, -0.1) is 13.2 Å². The number of alkyl halides is 3. The van der Waals surface area contributed by atoms with Crippen LogP contribution < -0.4 is 10.1 Å². The molecule has 2 rings (SSSR count). The van der Waals surface area contributed by atoms with Crippen LogP contribution in [0, 0.1) is 0 Å². The van der Waals surface area contributed by atoms with E-state index >= 15 is 0 Å². The van der Waals surface area contributed by atoms with Gasteiger partial charge in [0.1, 0.15) is 11.6 Å². The number of imidazole rings is 1. The van der Waals surface area contributed by atoms with Gasteiger partial charge in [-0.1, -0.05) is 12.1 Å². The Bertz CT molecular complexity index is 509. The van der Waals surface area contributed by atoms with Gasteiger partial charge < -0.3 is 15.0 Å². The van der Waals surface area contributed by atoms with Gasteiger partial charge in [-0.3, -0.25) is 0 Å². The molecule has 7 heteroatoms. The number of H-pyrrole nitrogens is 1. The largest absolute Gasteiger partial charge is 0.573 e. The van der Waals surface area contributed by atoms with Crippen LogP contribution in [0.15, 0.2) is 36.7 Å². The zero-order valence-corrected chi connectivity index (χ0v) is 10.6. The minimum Gasteiger partial charge on any atom is -0.406 e. The molecule has 0 aliphatic heterocycles. The van der Waals surface area contributed by atoms with Crippen LogP contribution in [0.3, 0.4) is 0 Å². The zero-order valence-electron chi connectivity index (χ0n) is 10.6. The fraction of sp³-hybridized carbons (Fsp3) is 0.308. The number of aromatic amines is 1. The van der Waals surface area contributed by atoms with Crippen LogP contribution in [0.1, 0.15) is 11.4 Å². The third-order valence-electron chi connectivity index (χ3n) is 2.58. The predicted octanol–water partition coefficient (Wildman–Crippen LogP) is 2.64. The molecule has 0 unspecified atom stereocenters. The molecule has 0 bridgehead atoms. The van der Waals surface area contributed by atoms with E-state index in [0.717, 1.165) is 24.4 Å². The molecular weight excluding hydrogens is 271 g/mol. The van der Waals surface area contributed by atoms with E-state index in [2.05, 4.69) is 20.0 Å². The quantitative estimate of drug-likeness (QED) is 0.802. The highest BCUT2D eigenvalue weighted by Crippen LogP contribution is 2.22. The van der Waals surface area contributed by atoms with E-state index < -0.39 is 6.36 Å². The maximum Gasteiger partial charge on any atom is 0.573 e.